The second-order valence-corrected chi connectivity index (χ2v) is 4.58. The Morgan fingerprint density at radius 1 is 1.50 bits per heavy atom. The highest BCUT2D eigenvalue weighted by Crippen LogP contribution is 2.08. The Bertz CT molecular complexity index is 350. The summed E-state index contributed by atoms with van der Waals surface area (Å²) in [6.07, 6.45) is 0. The lowest BCUT2D eigenvalue weighted by Crippen LogP contribution is -2.56. The predicted molar refractivity (Wildman–Crippen MR) is 63.3 cm³/mol. The van der Waals surface area contributed by atoms with Crippen LogP contribution in [-0.4, -0.2) is 25.0 Å². The van der Waals surface area contributed by atoms with Crippen molar-refractivity contribution >= 4 is 28.5 Å². The van der Waals surface area contributed by atoms with Crippen molar-refractivity contribution in [2.45, 2.75) is 6.04 Å². The molecule has 1 aliphatic heterocycles. The van der Waals surface area contributed by atoms with E-state index in [1.54, 1.807) is 0 Å². The maximum atomic E-state index is 11.7. The maximum Gasteiger partial charge on any atom is 0.251 e. The van der Waals surface area contributed by atoms with Gasteiger partial charge < -0.3 is 10.6 Å². The summed E-state index contributed by atoms with van der Waals surface area (Å²) in [6.45, 7) is 1.77. The standard InChI is InChI=1S/C10H11IN2O/c11-8-3-1-2-7(4-8)10(14)13-9-5-12-6-9/h1-4,9,12H,5-6H2,(H,13,14). The van der Waals surface area contributed by atoms with E-state index in [4.69, 9.17) is 0 Å². The number of nitrogens with one attached hydrogen (secondary N) is 2. The van der Waals surface area contributed by atoms with Crippen molar-refractivity contribution in [3.63, 3.8) is 0 Å². The zero-order chi connectivity index (χ0) is 9.97. The van der Waals surface area contributed by atoms with Crippen LogP contribution in [0.3, 0.4) is 0 Å². The molecule has 0 aromatic heterocycles. The van der Waals surface area contributed by atoms with Crippen LogP contribution in [0.15, 0.2) is 24.3 Å². The molecule has 1 heterocycles. The van der Waals surface area contributed by atoms with Gasteiger partial charge in [0.2, 0.25) is 0 Å². The van der Waals surface area contributed by atoms with E-state index in [-0.39, 0.29) is 5.91 Å². The minimum absolute atomic E-state index is 0.0232. The van der Waals surface area contributed by atoms with Crippen LogP contribution in [0.2, 0.25) is 0 Å². The average Bonchev–Trinajstić information content (AvgIpc) is 2.11. The van der Waals surface area contributed by atoms with Gasteiger partial charge in [0.05, 0.1) is 6.04 Å². The van der Waals surface area contributed by atoms with Gasteiger partial charge in [-0.1, -0.05) is 6.07 Å². The number of hydrogen-bond donors (Lipinski definition) is 2. The zero-order valence-corrected chi connectivity index (χ0v) is 9.74. The molecule has 2 N–H and O–H groups in total. The summed E-state index contributed by atoms with van der Waals surface area (Å²) in [7, 11) is 0. The Hall–Kier alpha value is -0.620. The summed E-state index contributed by atoms with van der Waals surface area (Å²) in [5.41, 5.74) is 0.740. The van der Waals surface area contributed by atoms with Crippen molar-refractivity contribution in [2.24, 2.45) is 0 Å². The van der Waals surface area contributed by atoms with Gasteiger partial charge in [-0.15, -0.1) is 0 Å². The molecule has 0 atom stereocenters. The second-order valence-electron chi connectivity index (χ2n) is 3.34. The van der Waals surface area contributed by atoms with Crippen LogP contribution in [0.4, 0.5) is 0 Å². The maximum absolute atomic E-state index is 11.7. The number of benzene rings is 1. The molecule has 3 nitrogen and oxygen atoms in total. The minimum atomic E-state index is 0.0232. The molecule has 1 fully saturated rings. The topological polar surface area (TPSA) is 41.1 Å². The molecule has 1 saturated heterocycles. The Labute approximate surface area is 96.4 Å². The first kappa shape index (κ1) is 9.92. The molecule has 0 unspecified atom stereocenters. The fraction of sp³-hybridized carbons (Fsp3) is 0.300. The SMILES string of the molecule is O=C(NC1CNC1)c1cccc(I)c1. The van der Waals surface area contributed by atoms with E-state index in [2.05, 4.69) is 33.2 Å². The number of hydrogen-bond acceptors (Lipinski definition) is 2. The van der Waals surface area contributed by atoms with Gasteiger partial charge in [-0.2, -0.15) is 0 Å². The van der Waals surface area contributed by atoms with Crippen LogP contribution in [0.25, 0.3) is 0 Å². The fourth-order valence-corrected chi connectivity index (χ4v) is 1.83. The number of amides is 1. The third-order valence-corrected chi connectivity index (χ3v) is 2.87. The number of rotatable bonds is 2. The van der Waals surface area contributed by atoms with Gasteiger partial charge in [-0.3, -0.25) is 4.79 Å². The third-order valence-electron chi connectivity index (χ3n) is 2.20. The van der Waals surface area contributed by atoms with Crippen molar-refractivity contribution in [1.82, 2.24) is 10.6 Å². The molecular formula is C10H11IN2O. The lowest BCUT2D eigenvalue weighted by molar-refractivity contribution is 0.0924. The Morgan fingerprint density at radius 3 is 2.86 bits per heavy atom. The van der Waals surface area contributed by atoms with E-state index >= 15 is 0 Å². The van der Waals surface area contributed by atoms with E-state index in [1.807, 2.05) is 24.3 Å². The van der Waals surface area contributed by atoms with Crippen LogP contribution >= 0.6 is 22.6 Å². The van der Waals surface area contributed by atoms with Crippen LogP contribution < -0.4 is 10.6 Å². The van der Waals surface area contributed by atoms with Crippen LogP contribution in [0.5, 0.6) is 0 Å². The summed E-state index contributed by atoms with van der Waals surface area (Å²) < 4.78 is 1.09. The largest absolute Gasteiger partial charge is 0.347 e. The van der Waals surface area contributed by atoms with Crippen LogP contribution in [-0.2, 0) is 0 Å². The lowest BCUT2D eigenvalue weighted by atomic mass is 10.1. The van der Waals surface area contributed by atoms with Crippen LogP contribution in [0.1, 0.15) is 10.4 Å². The Kier molecular flexibility index (Phi) is 3.02. The molecule has 74 valence electrons. The molecule has 0 spiro atoms. The quantitative estimate of drug-likeness (QED) is 0.800. The summed E-state index contributed by atoms with van der Waals surface area (Å²) >= 11 is 2.20. The van der Waals surface area contributed by atoms with Gasteiger partial charge in [0.1, 0.15) is 0 Å². The lowest BCUT2D eigenvalue weighted by Gasteiger charge is -2.27. The number of carbonyl (C=O) groups is 1. The van der Waals surface area contributed by atoms with Crippen molar-refractivity contribution in [3.8, 4) is 0 Å². The molecule has 0 bridgehead atoms. The third kappa shape index (κ3) is 2.24. The molecule has 14 heavy (non-hydrogen) atoms. The first-order valence-corrected chi connectivity index (χ1v) is 5.61. The van der Waals surface area contributed by atoms with Crippen molar-refractivity contribution in [1.29, 1.82) is 0 Å². The summed E-state index contributed by atoms with van der Waals surface area (Å²) in [4.78, 5) is 11.7. The molecule has 4 heteroatoms. The fourth-order valence-electron chi connectivity index (χ4n) is 1.29. The first-order chi connectivity index (χ1) is 6.75. The summed E-state index contributed by atoms with van der Waals surface area (Å²) in [6, 6.07) is 7.91. The smallest absolute Gasteiger partial charge is 0.251 e. The van der Waals surface area contributed by atoms with Crippen molar-refractivity contribution in [3.05, 3.63) is 33.4 Å². The second kappa shape index (κ2) is 4.27. The van der Waals surface area contributed by atoms with E-state index in [9.17, 15) is 4.79 Å². The molecule has 0 saturated carbocycles. The molecule has 1 aromatic rings. The van der Waals surface area contributed by atoms with E-state index < -0.39 is 0 Å². The van der Waals surface area contributed by atoms with Gasteiger partial charge in [-0.05, 0) is 40.8 Å². The van der Waals surface area contributed by atoms with Gasteiger partial charge in [0, 0.05) is 22.2 Å². The Balaban J connectivity index is 2.02. The van der Waals surface area contributed by atoms with Gasteiger partial charge in [0.15, 0.2) is 0 Å². The molecule has 0 aliphatic carbocycles. The molecule has 0 radical (unpaired) electrons. The monoisotopic (exact) mass is 302 g/mol. The zero-order valence-electron chi connectivity index (χ0n) is 7.59. The van der Waals surface area contributed by atoms with Gasteiger partial charge in [-0.25, -0.2) is 0 Å². The van der Waals surface area contributed by atoms with Crippen molar-refractivity contribution in [2.75, 3.05) is 13.1 Å². The van der Waals surface area contributed by atoms with E-state index in [0.29, 0.717) is 6.04 Å². The first-order valence-electron chi connectivity index (χ1n) is 4.53. The summed E-state index contributed by atoms with van der Waals surface area (Å²) in [5, 5.41) is 6.07. The van der Waals surface area contributed by atoms with Crippen molar-refractivity contribution < 1.29 is 4.79 Å². The molecule has 2 rings (SSSR count). The van der Waals surface area contributed by atoms with Gasteiger partial charge >= 0.3 is 0 Å². The average molecular weight is 302 g/mol. The number of carbonyl (C=O) groups excluding carboxylic acids is 1. The highest BCUT2D eigenvalue weighted by atomic mass is 127. The molecular weight excluding hydrogens is 291 g/mol. The summed E-state index contributed by atoms with van der Waals surface area (Å²) in [5.74, 6) is 0.0232. The molecule has 1 aromatic carbocycles. The number of halogens is 1. The van der Waals surface area contributed by atoms with Crippen LogP contribution in [0, 0.1) is 3.57 Å². The highest BCUT2D eigenvalue weighted by molar-refractivity contribution is 14.1. The molecule has 1 amide bonds. The minimum Gasteiger partial charge on any atom is -0.347 e. The normalized spacial score (nSPS) is 16.1. The Morgan fingerprint density at radius 2 is 2.29 bits per heavy atom. The van der Waals surface area contributed by atoms with E-state index in [1.165, 1.54) is 0 Å². The van der Waals surface area contributed by atoms with E-state index in [0.717, 1.165) is 22.2 Å². The highest BCUT2D eigenvalue weighted by Gasteiger charge is 2.19. The predicted octanol–water partition coefficient (Wildman–Crippen LogP) is 0.993. The molecule has 1 aliphatic rings. The van der Waals surface area contributed by atoms with Gasteiger partial charge in [0.25, 0.3) is 5.91 Å².